The molecule has 1 aliphatic carbocycles. The van der Waals surface area contributed by atoms with Gasteiger partial charge >= 0.3 is 5.97 Å². The van der Waals surface area contributed by atoms with E-state index in [2.05, 4.69) is 10.4 Å². The minimum atomic E-state index is -1.04. The summed E-state index contributed by atoms with van der Waals surface area (Å²) in [5.41, 5.74) is 2.13. The number of aliphatic carboxylic acids is 1. The van der Waals surface area contributed by atoms with E-state index in [1.54, 1.807) is 6.20 Å². The van der Waals surface area contributed by atoms with Crippen LogP contribution in [0.2, 0.25) is 0 Å². The van der Waals surface area contributed by atoms with Gasteiger partial charge in [0.25, 0.3) is 5.91 Å². The smallest absolute Gasteiger partial charge is 0.326 e. The Morgan fingerprint density at radius 1 is 1.23 bits per heavy atom. The molecule has 0 bridgehead atoms. The van der Waals surface area contributed by atoms with Crippen LogP contribution in [0, 0.1) is 6.92 Å². The predicted octanol–water partition coefficient (Wildman–Crippen LogP) is 3.12. The summed E-state index contributed by atoms with van der Waals surface area (Å²) in [6.45, 7) is 1.88. The van der Waals surface area contributed by atoms with E-state index in [0.29, 0.717) is 11.6 Å². The lowest BCUT2D eigenvalue weighted by Crippen LogP contribution is -2.42. The molecule has 6 heteroatoms. The van der Waals surface area contributed by atoms with Gasteiger partial charge in [-0.25, -0.2) is 4.79 Å². The highest BCUT2D eigenvalue weighted by molar-refractivity contribution is 5.97. The molecule has 26 heavy (non-hydrogen) atoms. The molecule has 1 fully saturated rings. The molecule has 0 radical (unpaired) electrons. The van der Waals surface area contributed by atoms with E-state index < -0.39 is 12.0 Å². The largest absolute Gasteiger partial charge is 0.480 e. The van der Waals surface area contributed by atoms with Crippen molar-refractivity contribution in [3.63, 3.8) is 0 Å². The van der Waals surface area contributed by atoms with Gasteiger partial charge in [0.05, 0.1) is 17.8 Å². The third-order valence-corrected chi connectivity index (χ3v) is 5.10. The van der Waals surface area contributed by atoms with E-state index in [-0.39, 0.29) is 12.3 Å². The lowest BCUT2D eigenvalue weighted by atomic mass is 9.95. The van der Waals surface area contributed by atoms with Gasteiger partial charge in [0.1, 0.15) is 6.04 Å². The maximum Gasteiger partial charge on any atom is 0.326 e. The zero-order valence-electron chi connectivity index (χ0n) is 15.0. The Kier molecular flexibility index (Phi) is 5.71. The van der Waals surface area contributed by atoms with E-state index >= 15 is 0 Å². The summed E-state index contributed by atoms with van der Waals surface area (Å²) in [4.78, 5) is 24.2. The molecule has 1 heterocycles. The first-order valence-corrected chi connectivity index (χ1v) is 9.18. The summed E-state index contributed by atoms with van der Waals surface area (Å²) < 4.78 is 1.93. The summed E-state index contributed by atoms with van der Waals surface area (Å²) in [5.74, 6) is -1.42. The number of nitrogens with one attached hydrogen (secondary N) is 1. The molecule has 0 saturated heterocycles. The SMILES string of the molecule is Cc1c(C(=O)N[C@@H](Cc2ccccc2)C(=O)O)cnn1C1CCCCC1. The third-order valence-electron chi connectivity index (χ3n) is 5.10. The second-order valence-electron chi connectivity index (χ2n) is 6.93. The van der Waals surface area contributed by atoms with Crippen LogP contribution in [0.3, 0.4) is 0 Å². The fourth-order valence-corrected chi connectivity index (χ4v) is 3.63. The van der Waals surface area contributed by atoms with E-state index in [0.717, 1.165) is 24.1 Å². The molecule has 1 atom stereocenters. The van der Waals surface area contributed by atoms with Crippen molar-refractivity contribution in [1.29, 1.82) is 0 Å². The molecule has 0 unspecified atom stereocenters. The standard InChI is InChI=1S/C20H25N3O3/c1-14-17(13-21-23(14)16-10-6-3-7-11-16)19(24)22-18(20(25)26)12-15-8-4-2-5-9-15/h2,4-5,8-9,13,16,18H,3,6-7,10-12H2,1H3,(H,22,24)(H,25,26)/t18-/m0/s1. The number of nitrogens with zero attached hydrogens (tertiary/aromatic N) is 2. The van der Waals surface area contributed by atoms with Crippen molar-refractivity contribution in [1.82, 2.24) is 15.1 Å². The first-order chi connectivity index (χ1) is 12.6. The fourth-order valence-electron chi connectivity index (χ4n) is 3.63. The van der Waals surface area contributed by atoms with Crippen LogP contribution in [0.4, 0.5) is 0 Å². The van der Waals surface area contributed by atoms with Crippen molar-refractivity contribution >= 4 is 11.9 Å². The lowest BCUT2D eigenvalue weighted by molar-refractivity contribution is -0.139. The van der Waals surface area contributed by atoms with Crippen LogP contribution >= 0.6 is 0 Å². The maximum absolute atomic E-state index is 12.6. The minimum Gasteiger partial charge on any atom is -0.480 e. The van der Waals surface area contributed by atoms with Gasteiger partial charge in [-0.05, 0) is 25.3 Å². The third kappa shape index (κ3) is 4.12. The monoisotopic (exact) mass is 355 g/mol. The van der Waals surface area contributed by atoms with Gasteiger partial charge in [-0.1, -0.05) is 49.6 Å². The Morgan fingerprint density at radius 2 is 1.92 bits per heavy atom. The van der Waals surface area contributed by atoms with E-state index in [9.17, 15) is 14.7 Å². The number of carboxylic acid groups (broad SMARTS) is 1. The first-order valence-electron chi connectivity index (χ1n) is 9.18. The van der Waals surface area contributed by atoms with Crippen LogP contribution in [0.15, 0.2) is 36.5 Å². The Hall–Kier alpha value is -2.63. The molecular formula is C20H25N3O3. The van der Waals surface area contributed by atoms with Gasteiger partial charge in [0.2, 0.25) is 0 Å². The van der Waals surface area contributed by atoms with Gasteiger partial charge in [0.15, 0.2) is 0 Å². The highest BCUT2D eigenvalue weighted by atomic mass is 16.4. The van der Waals surface area contributed by atoms with E-state index in [4.69, 9.17) is 0 Å². The summed E-state index contributed by atoms with van der Waals surface area (Å²) in [5, 5.41) is 16.5. The number of hydrogen-bond acceptors (Lipinski definition) is 3. The van der Waals surface area contributed by atoms with Gasteiger partial charge < -0.3 is 10.4 Å². The molecule has 1 aromatic carbocycles. The highest BCUT2D eigenvalue weighted by Gasteiger charge is 2.25. The molecule has 2 aromatic rings. The Balaban J connectivity index is 1.71. The number of hydrogen-bond donors (Lipinski definition) is 2. The number of carboxylic acids is 1. The highest BCUT2D eigenvalue weighted by Crippen LogP contribution is 2.29. The zero-order valence-corrected chi connectivity index (χ0v) is 15.0. The number of benzene rings is 1. The minimum absolute atomic E-state index is 0.248. The molecule has 6 nitrogen and oxygen atoms in total. The number of amides is 1. The summed E-state index contributed by atoms with van der Waals surface area (Å²) in [6.07, 6.45) is 7.58. The van der Waals surface area contributed by atoms with Crippen molar-refractivity contribution in [3.05, 3.63) is 53.3 Å². The van der Waals surface area contributed by atoms with Crippen LogP contribution < -0.4 is 5.32 Å². The predicted molar refractivity (Wildman–Crippen MR) is 98.1 cm³/mol. The summed E-state index contributed by atoms with van der Waals surface area (Å²) >= 11 is 0. The zero-order chi connectivity index (χ0) is 18.5. The van der Waals surface area contributed by atoms with Gasteiger partial charge in [0, 0.05) is 12.1 Å². The lowest BCUT2D eigenvalue weighted by Gasteiger charge is -2.23. The summed E-state index contributed by atoms with van der Waals surface area (Å²) in [7, 11) is 0. The number of aromatic nitrogens is 2. The van der Waals surface area contributed by atoms with E-state index in [1.807, 2.05) is 41.9 Å². The van der Waals surface area contributed by atoms with Crippen LogP contribution in [0.5, 0.6) is 0 Å². The molecule has 0 aliphatic heterocycles. The molecule has 1 aliphatic rings. The Morgan fingerprint density at radius 3 is 2.58 bits per heavy atom. The van der Waals surface area contributed by atoms with Crippen LogP contribution in [-0.4, -0.2) is 32.8 Å². The van der Waals surface area contributed by atoms with Crippen molar-refractivity contribution in [2.45, 2.75) is 57.5 Å². The number of carbonyl (C=O) groups is 2. The average Bonchev–Trinajstić information content (AvgIpc) is 3.04. The molecule has 2 N–H and O–H groups in total. The first kappa shape index (κ1) is 18.2. The van der Waals surface area contributed by atoms with E-state index in [1.165, 1.54) is 19.3 Å². The van der Waals surface area contributed by atoms with Gasteiger partial charge in [-0.15, -0.1) is 0 Å². The molecule has 1 saturated carbocycles. The quantitative estimate of drug-likeness (QED) is 0.834. The van der Waals surface area contributed by atoms with Gasteiger partial charge in [-0.3, -0.25) is 9.48 Å². The Labute approximate surface area is 153 Å². The fraction of sp³-hybridized carbons (Fsp3) is 0.450. The summed E-state index contributed by atoms with van der Waals surface area (Å²) in [6, 6.07) is 8.67. The van der Waals surface area contributed by atoms with Crippen molar-refractivity contribution in [3.8, 4) is 0 Å². The topological polar surface area (TPSA) is 84.2 Å². The number of carbonyl (C=O) groups excluding carboxylic acids is 1. The maximum atomic E-state index is 12.6. The normalized spacial score (nSPS) is 16.2. The molecule has 138 valence electrons. The molecule has 1 amide bonds. The van der Waals surface area contributed by atoms with Gasteiger partial charge in [-0.2, -0.15) is 5.10 Å². The average molecular weight is 355 g/mol. The van der Waals surface area contributed by atoms with Crippen molar-refractivity contribution in [2.75, 3.05) is 0 Å². The molecule has 1 aromatic heterocycles. The Bertz CT molecular complexity index is 764. The molecular weight excluding hydrogens is 330 g/mol. The van der Waals surface area contributed by atoms with Crippen molar-refractivity contribution in [2.24, 2.45) is 0 Å². The van der Waals surface area contributed by atoms with Crippen molar-refractivity contribution < 1.29 is 14.7 Å². The second-order valence-corrected chi connectivity index (χ2v) is 6.93. The molecule has 0 spiro atoms. The molecule has 3 rings (SSSR count). The second kappa shape index (κ2) is 8.17. The van der Waals surface area contributed by atoms with Crippen LogP contribution in [0.25, 0.3) is 0 Å². The number of rotatable bonds is 6. The van der Waals surface area contributed by atoms with Crippen LogP contribution in [0.1, 0.15) is 59.8 Å². The van der Waals surface area contributed by atoms with Crippen LogP contribution in [-0.2, 0) is 11.2 Å².